The van der Waals surface area contributed by atoms with Gasteiger partial charge in [-0.15, -0.1) is 0 Å². The third-order valence-electron chi connectivity index (χ3n) is 3.85. The van der Waals surface area contributed by atoms with Crippen LogP contribution in [0.3, 0.4) is 0 Å². The Kier molecular flexibility index (Phi) is 6.91. The van der Waals surface area contributed by atoms with Crippen molar-refractivity contribution in [2.75, 3.05) is 13.1 Å². The van der Waals surface area contributed by atoms with Gasteiger partial charge < -0.3 is 25.4 Å². The number of nitrogens with zero attached hydrogens (tertiary/aromatic N) is 1. The van der Waals surface area contributed by atoms with Crippen LogP contribution in [0.5, 0.6) is 5.75 Å². The van der Waals surface area contributed by atoms with Crippen LogP contribution in [-0.2, 0) is 11.3 Å². The van der Waals surface area contributed by atoms with Gasteiger partial charge >= 0.3 is 5.97 Å². The maximum atomic E-state index is 12.7. The molecule has 0 bridgehead atoms. The number of rotatable bonds is 8. The molecule has 2 amide bonds. The number of carboxylic acids is 1. The van der Waals surface area contributed by atoms with E-state index < -0.39 is 41.2 Å². The molecule has 148 valence electrons. The first-order valence-corrected chi connectivity index (χ1v) is 8.63. The van der Waals surface area contributed by atoms with Gasteiger partial charge in [0.2, 0.25) is 0 Å². The number of nitrogens with one attached hydrogen (secondary N) is 2. The van der Waals surface area contributed by atoms with Crippen molar-refractivity contribution < 1.29 is 24.6 Å². The maximum Gasteiger partial charge on any atom is 0.322 e. The number of carboxylic acid groups (broad SMARTS) is 1. The van der Waals surface area contributed by atoms with E-state index in [4.69, 9.17) is 5.11 Å². The molecule has 0 aliphatic heterocycles. The standard InChI is InChI=1S/C19H21N3O6/c1-2-8-20-17(26)13-11-22(10-12-6-4-3-5-7-12)19(28)15(16(13)25)18(27)21-9-14(23)24/h3-7,11,25H,2,8-10H2,1H3,(H,20,26)(H,21,27)(H,23,24). The lowest BCUT2D eigenvalue weighted by Gasteiger charge is -2.14. The van der Waals surface area contributed by atoms with Gasteiger partial charge in [-0.2, -0.15) is 0 Å². The Morgan fingerprint density at radius 2 is 1.75 bits per heavy atom. The van der Waals surface area contributed by atoms with Gasteiger partial charge in [-0.3, -0.25) is 19.2 Å². The van der Waals surface area contributed by atoms with Crippen LogP contribution >= 0.6 is 0 Å². The van der Waals surface area contributed by atoms with Gasteiger partial charge in [-0.1, -0.05) is 37.3 Å². The molecular weight excluding hydrogens is 366 g/mol. The van der Waals surface area contributed by atoms with Crippen LogP contribution < -0.4 is 16.2 Å². The van der Waals surface area contributed by atoms with Crippen molar-refractivity contribution in [3.05, 3.63) is 63.6 Å². The van der Waals surface area contributed by atoms with Crippen LogP contribution in [0.4, 0.5) is 0 Å². The summed E-state index contributed by atoms with van der Waals surface area (Å²) in [7, 11) is 0. The van der Waals surface area contributed by atoms with E-state index in [1.54, 1.807) is 30.3 Å². The van der Waals surface area contributed by atoms with Crippen molar-refractivity contribution >= 4 is 17.8 Å². The number of hydrogen-bond acceptors (Lipinski definition) is 5. The zero-order chi connectivity index (χ0) is 20.7. The smallest absolute Gasteiger partial charge is 0.322 e. The molecule has 0 saturated heterocycles. The number of benzene rings is 1. The molecule has 0 radical (unpaired) electrons. The molecule has 9 nitrogen and oxygen atoms in total. The number of aliphatic carboxylic acids is 1. The van der Waals surface area contributed by atoms with Crippen LogP contribution in [0.1, 0.15) is 39.6 Å². The Bertz CT molecular complexity index is 937. The highest BCUT2D eigenvalue weighted by Gasteiger charge is 2.25. The normalized spacial score (nSPS) is 10.3. The fourth-order valence-corrected chi connectivity index (χ4v) is 2.50. The zero-order valence-electron chi connectivity index (χ0n) is 15.3. The number of amides is 2. The molecule has 0 spiro atoms. The molecule has 2 aromatic rings. The van der Waals surface area contributed by atoms with Gasteiger partial charge in [0.05, 0.1) is 12.1 Å². The number of carbonyl (C=O) groups is 3. The zero-order valence-corrected chi connectivity index (χ0v) is 15.3. The number of aromatic hydroxyl groups is 1. The lowest BCUT2D eigenvalue weighted by atomic mass is 10.1. The number of pyridine rings is 1. The predicted octanol–water partition coefficient (Wildman–Crippen LogP) is 0.556. The van der Waals surface area contributed by atoms with Crippen molar-refractivity contribution in [1.29, 1.82) is 0 Å². The SMILES string of the molecule is CCCNC(=O)c1cn(Cc2ccccc2)c(=O)c(C(=O)NCC(=O)O)c1O. The molecule has 0 aliphatic carbocycles. The van der Waals surface area contributed by atoms with Crippen LogP contribution in [0.2, 0.25) is 0 Å². The molecule has 0 unspecified atom stereocenters. The lowest BCUT2D eigenvalue weighted by Crippen LogP contribution is -2.37. The number of aromatic nitrogens is 1. The minimum atomic E-state index is -1.31. The molecule has 0 atom stereocenters. The average Bonchev–Trinajstić information content (AvgIpc) is 2.67. The fraction of sp³-hybridized carbons (Fsp3) is 0.263. The van der Waals surface area contributed by atoms with E-state index >= 15 is 0 Å². The van der Waals surface area contributed by atoms with E-state index in [9.17, 15) is 24.3 Å². The Morgan fingerprint density at radius 3 is 2.36 bits per heavy atom. The summed E-state index contributed by atoms with van der Waals surface area (Å²) in [5, 5.41) is 23.7. The molecule has 0 saturated carbocycles. The highest BCUT2D eigenvalue weighted by Crippen LogP contribution is 2.20. The second kappa shape index (κ2) is 9.36. The van der Waals surface area contributed by atoms with E-state index in [1.165, 1.54) is 6.20 Å². The summed E-state index contributed by atoms with van der Waals surface area (Å²) in [6.45, 7) is 1.52. The minimum Gasteiger partial charge on any atom is -0.506 e. The number of hydrogen-bond donors (Lipinski definition) is 4. The first kappa shape index (κ1) is 20.7. The Balaban J connectivity index is 2.53. The summed E-state index contributed by atoms with van der Waals surface area (Å²) >= 11 is 0. The monoisotopic (exact) mass is 387 g/mol. The van der Waals surface area contributed by atoms with Gasteiger partial charge in [0.15, 0.2) is 0 Å². The van der Waals surface area contributed by atoms with Gasteiger partial charge in [0.25, 0.3) is 17.4 Å². The molecule has 0 fully saturated rings. The molecule has 28 heavy (non-hydrogen) atoms. The van der Waals surface area contributed by atoms with Crippen LogP contribution in [-0.4, -0.2) is 45.7 Å². The number of carbonyl (C=O) groups excluding carboxylic acids is 2. The summed E-state index contributed by atoms with van der Waals surface area (Å²) < 4.78 is 1.13. The first-order chi connectivity index (χ1) is 13.3. The first-order valence-electron chi connectivity index (χ1n) is 8.63. The fourth-order valence-electron chi connectivity index (χ4n) is 2.50. The van der Waals surface area contributed by atoms with Crippen molar-refractivity contribution in [3.8, 4) is 5.75 Å². The highest BCUT2D eigenvalue weighted by molar-refractivity contribution is 6.03. The van der Waals surface area contributed by atoms with Crippen molar-refractivity contribution in [2.45, 2.75) is 19.9 Å². The van der Waals surface area contributed by atoms with Crippen LogP contribution in [0.15, 0.2) is 41.3 Å². The van der Waals surface area contributed by atoms with E-state index in [1.807, 2.05) is 12.2 Å². The minimum absolute atomic E-state index is 0.0627. The third-order valence-corrected chi connectivity index (χ3v) is 3.85. The molecular formula is C19H21N3O6. The largest absolute Gasteiger partial charge is 0.506 e. The van der Waals surface area contributed by atoms with Crippen LogP contribution in [0, 0.1) is 0 Å². The van der Waals surface area contributed by atoms with E-state index in [0.717, 1.165) is 10.1 Å². The second-order valence-electron chi connectivity index (χ2n) is 6.02. The molecule has 4 N–H and O–H groups in total. The summed E-state index contributed by atoms with van der Waals surface area (Å²) in [6.07, 6.45) is 1.84. The van der Waals surface area contributed by atoms with E-state index in [-0.39, 0.29) is 12.1 Å². The third kappa shape index (κ3) is 4.97. The molecule has 9 heteroatoms. The van der Waals surface area contributed by atoms with Gasteiger partial charge in [0.1, 0.15) is 17.9 Å². The van der Waals surface area contributed by atoms with Gasteiger partial charge in [-0.05, 0) is 12.0 Å². The van der Waals surface area contributed by atoms with Gasteiger partial charge in [-0.25, -0.2) is 0 Å². The Hall–Kier alpha value is -3.62. The van der Waals surface area contributed by atoms with Crippen molar-refractivity contribution in [1.82, 2.24) is 15.2 Å². The Labute approximate surface area is 160 Å². The van der Waals surface area contributed by atoms with Gasteiger partial charge in [0, 0.05) is 12.7 Å². The van der Waals surface area contributed by atoms with Crippen LogP contribution in [0.25, 0.3) is 0 Å². The summed E-state index contributed by atoms with van der Waals surface area (Å²) in [4.78, 5) is 48.1. The molecule has 1 aromatic heterocycles. The lowest BCUT2D eigenvalue weighted by molar-refractivity contribution is -0.135. The van der Waals surface area contributed by atoms with E-state index in [0.29, 0.717) is 13.0 Å². The quantitative estimate of drug-likeness (QED) is 0.522. The highest BCUT2D eigenvalue weighted by atomic mass is 16.4. The van der Waals surface area contributed by atoms with Crippen molar-refractivity contribution in [2.24, 2.45) is 0 Å². The summed E-state index contributed by atoms with van der Waals surface area (Å²) in [5.74, 6) is -3.81. The topological polar surface area (TPSA) is 138 Å². The molecule has 1 heterocycles. The summed E-state index contributed by atoms with van der Waals surface area (Å²) in [6, 6.07) is 8.88. The maximum absolute atomic E-state index is 12.7. The summed E-state index contributed by atoms with van der Waals surface area (Å²) in [5.41, 5.74) is -1.02. The molecule has 0 aliphatic rings. The molecule has 1 aromatic carbocycles. The van der Waals surface area contributed by atoms with E-state index in [2.05, 4.69) is 5.32 Å². The van der Waals surface area contributed by atoms with Crippen molar-refractivity contribution in [3.63, 3.8) is 0 Å². The second-order valence-corrected chi connectivity index (χ2v) is 6.02. The average molecular weight is 387 g/mol. The predicted molar refractivity (Wildman–Crippen MR) is 101 cm³/mol. The Morgan fingerprint density at radius 1 is 1.07 bits per heavy atom. The molecule has 2 rings (SSSR count).